The Morgan fingerprint density at radius 2 is 1.79 bits per heavy atom. The highest BCUT2D eigenvalue weighted by Gasteiger charge is 2.40. The van der Waals surface area contributed by atoms with E-state index in [4.69, 9.17) is 9.47 Å². The number of nitrogens with one attached hydrogen (secondary N) is 2. The number of aromatic nitrogens is 4. The number of ether oxygens (including phenoxy) is 2. The van der Waals surface area contributed by atoms with Gasteiger partial charge in [-0.3, -0.25) is 4.79 Å². The summed E-state index contributed by atoms with van der Waals surface area (Å²) < 4.78 is 53.2. The first-order valence-electron chi connectivity index (χ1n) is 12.8. The SMILES string of the molecule is CC(C)(C)OC(=O)N[C@H]1CS(=O)(=O)c2cc(F)c(-c3nn[nH]n3)cc2N(Cc2ccc(Oc3ccccc3)cc2)C1=O. The molecule has 42 heavy (non-hydrogen) atoms. The number of benzene rings is 3. The van der Waals surface area contributed by atoms with Gasteiger partial charge in [0.15, 0.2) is 9.84 Å². The quantitative estimate of drug-likeness (QED) is 0.337. The van der Waals surface area contributed by atoms with Crippen LogP contribution in [-0.4, -0.2) is 58.4 Å². The predicted octanol–water partition coefficient (Wildman–Crippen LogP) is 4.01. The molecule has 0 saturated carbocycles. The molecule has 0 radical (unpaired) electrons. The molecule has 0 unspecified atom stereocenters. The van der Waals surface area contributed by atoms with Crippen molar-refractivity contribution in [2.24, 2.45) is 0 Å². The van der Waals surface area contributed by atoms with Gasteiger partial charge in [-0.05, 0) is 67.9 Å². The fourth-order valence-electron chi connectivity index (χ4n) is 4.32. The Kier molecular flexibility index (Phi) is 7.65. The standard InChI is InChI=1S/C28H27FN6O6S/c1-28(2,3)41-27(37)30-22-16-42(38,39)24-14-21(29)20(25-31-33-34-32-25)13-23(24)35(26(22)36)15-17-9-11-19(12-10-17)40-18-7-5-4-6-8-18/h4-14,22H,15-16H2,1-3H3,(H,30,37)(H,31,32,33,34)/t22-/m0/s1. The smallest absolute Gasteiger partial charge is 0.408 e. The third kappa shape index (κ3) is 6.38. The van der Waals surface area contributed by atoms with Crippen LogP contribution in [0, 0.1) is 5.82 Å². The van der Waals surface area contributed by atoms with Crippen LogP contribution < -0.4 is 15.0 Å². The van der Waals surface area contributed by atoms with E-state index in [1.165, 1.54) is 11.0 Å². The van der Waals surface area contributed by atoms with Crippen molar-refractivity contribution >= 4 is 27.5 Å². The number of halogens is 1. The molecule has 4 aromatic rings. The van der Waals surface area contributed by atoms with Crippen molar-refractivity contribution in [3.8, 4) is 22.9 Å². The molecule has 12 nitrogen and oxygen atoms in total. The lowest BCUT2D eigenvalue weighted by atomic mass is 10.1. The van der Waals surface area contributed by atoms with E-state index in [1.54, 1.807) is 57.2 Å². The molecule has 0 bridgehead atoms. The van der Waals surface area contributed by atoms with Crippen LogP contribution in [0.15, 0.2) is 71.6 Å². The Morgan fingerprint density at radius 3 is 2.43 bits per heavy atom. The average molecular weight is 595 g/mol. The van der Waals surface area contributed by atoms with Gasteiger partial charge in [0, 0.05) is 0 Å². The summed E-state index contributed by atoms with van der Waals surface area (Å²) in [4.78, 5) is 27.3. The Bertz CT molecular complexity index is 1710. The lowest BCUT2D eigenvalue weighted by Gasteiger charge is -2.27. The number of tetrazole rings is 1. The minimum Gasteiger partial charge on any atom is -0.457 e. The van der Waals surface area contributed by atoms with E-state index in [2.05, 4.69) is 25.9 Å². The van der Waals surface area contributed by atoms with Crippen molar-refractivity contribution in [2.75, 3.05) is 10.7 Å². The van der Waals surface area contributed by atoms with Gasteiger partial charge in [-0.1, -0.05) is 30.3 Å². The maximum atomic E-state index is 15.2. The number of aromatic amines is 1. The molecule has 0 spiro atoms. The number of amides is 2. The number of hydrogen-bond acceptors (Lipinski definition) is 9. The van der Waals surface area contributed by atoms with E-state index in [1.807, 2.05) is 18.2 Å². The van der Waals surface area contributed by atoms with Gasteiger partial charge in [0.2, 0.25) is 5.82 Å². The average Bonchev–Trinajstić information content (AvgIpc) is 3.44. The van der Waals surface area contributed by atoms with E-state index < -0.39 is 49.9 Å². The van der Waals surface area contributed by atoms with Crippen LogP contribution in [0.5, 0.6) is 11.5 Å². The maximum Gasteiger partial charge on any atom is 0.408 e. The third-order valence-electron chi connectivity index (χ3n) is 6.14. The molecule has 5 rings (SSSR count). The van der Waals surface area contributed by atoms with Gasteiger partial charge in [-0.25, -0.2) is 17.6 Å². The molecule has 14 heteroatoms. The Hall–Kier alpha value is -4.85. The summed E-state index contributed by atoms with van der Waals surface area (Å²) in [6, 6.07) is 16.5. The van der Waals surface area contributed by atoms with Crippen LogP contribution >= 0.6 is 0 Å². The van der Waals surface area contributed by atoms with Crippen LogP contribution in [0.1, 0.15) is 26.3 Å². The minimum atomic E-state index is -4.28. The van der Waals surface area contributed by atoms with E-state index in [0.717, 1.165) is 6.07 Å². The lowest BCUT2D eigenvalue weighted by Crippen LogP contribution is -2.51. The number of anilines is 1. The van der Waals surface area contributed by atoms with Crippen molar-refractivity contribution in [3.63, 3.8) is 0 Å². The number of carbonyl (C=O) groups excluding carboxylic acids is 2. The number of carbonyl (C=O) groups is 2. The zero-order valence-corrected chi connectivity index (χ0v) is 23.7. The van der Waals surface area contributed by atoms with Crippen molar-refractivity contribution in [1.82, 2.24) is 25.9 Å². The Balaban J connectivity index is 1.54. The van der Waals surface area contributed by atoms with E-state index in [-0.39, 0.29) is 23.6 Å². The zero-order valence-electron chi connectivity index (χ0n) is 22.9. The van der Waals surface area contributed by atoms with E-state index in [0.29, 0.717) is 17.1 Å². The molecule has 2 N–H and O–H groups in total. The molecule has 0 saturated heterocycles. The van der Waals surface area contributed by atoms with Crippen molar-refractivity contribution in [1.29, 1.82) is 0 Å². The molecule has 0 aliphatic carbocycles. The van der Waals surface area contributed by atoms with Gasteiger partial charge in [-0.15, -0.1) is 10.2 Å². The summed E-state index contributed by atoms with van der Waals surface area (Å²) in [5.74, 6) is -1.42. The summed E-state index contributed by atoms with van der Waals surface area (Å²) in [6.45, 7) is 4.78. The molecular formula is C28H27FN6O6S. The highest BCUT2D eigenvalue weighted by atomic mass is 32.2. The largest absolute Gasteiger partial charge is 0.457 e. The van der Waals surface area contributed by atoms with Gasteiger partial charge in [0.25, 0.3) is 5.91 Å². The predicted molar refractivity (Wildman–Crippen MR) is 149 cm³/mol. The number of nitrogens with zero attached hydrogens (tertiary/aromatic N) is 4. The number of H-pyrrole nitrogens is 1. The van der Waals surface area contributed by atoms with Crippen LogP contribution in [-0.2, 0) is 25.9 Å². The van der Waals surface area contributed by atoms with Crippen molar-refractivity contribution in [2.45, 2.75) is 43.9 Å². The van der Waals surface area contributed by atoms with Crippen molar-refractivity contribution in [3.05, 3.63) is 78.1 Å². The van der Waals surface area contributed by atoms with Crippen molar-refractivity contribution < 1.29 is 31.9 Å². The number of sulfone groups is 1. The number of fused-ring (bicyclic) bond motifs is 1. The number of rotatable bonds is 6. The molecule has 1 aliphatic rings. The fraction of sp³-hybridized carbons (Fsp3) is 0.250. The maximum absolute atomic E-state index is 15.2. The first-order chi connectivity index (χ1) is 19.9. The molecule has 3 aromatic carbocycles. The number of hydrogen-bond donors (Lipinski definition) is 2. The Morgan fingerprint density at radius 1 is 1.10 bits per heavy atom. The molecule has 1 aromatic heterocycles. The van der Waals surface area contributed by atoms with Crippen LogP contribution in [0.25, 0.3) is 11.4 Å². The second-order valence-electron chi connectivity index (χ2n) is 10.5. The first-order valence-corrected chi connectivity index (χ1v) is 14.5. The first kappa shape index (κ1) is 28.7. The molecule has 1 atom stereocenters. The van der Waals surface area contributed by atoms with Crippen LogP contribution in [0.2, 0.25) is 0 Å². The minimum absolute atomic E-state index is 0.0979. The Labute approximate surface area is 240 Å². The second kappa shape index (κ2) is 11.2. The summed E-state index contributed by atoms with van der Waals surface area (Å²) in [7, 11) is -4.28. The van der Waals surface area contributed by atoms with Crippen LogP contribution in [0.4, 0.5) is 14.9 Å². The normalized spacial score (nSPS) is 16.3. The lowest BCUT2D eigenvalue weighted by molar-refractivity contribution is -0.120. The molecule has 2 amide bonds. The summed E-state index contributed by atoms with van der Waals surface area (Å²) in [5.41, 5.74) is -0.554. The monoisotopic (exact) mass is 594 g/mol. The van der Waals surface area contributed by atoms with E-state index in [9.17, 15) is 18.0 Å². The summed E-state index contributed by atoms with van der Waals surface area (Å²) >= 11 is 0. The van der Waals surface area contributed by atoms with Gasteiger partial charge < -0.3 is 19.7 Å². The second-order valence-corrected chi connectivity index (χ2v) is 12.5. The van der Waals surface area contributed by atoms with Gasteiger partial charge in [0.1, 0.15) is 29.0 Å². The highest BCUT2D eigenvalue weighted by molar-refractivity contribution is 7.91. The fourth-order valence-corrected chi connectivity index (χ4v) is 5.94. The molecule has 0 fully saturated rings. The molecule has 2 heterocycles. The molecule has 218 valence electrons. The molecular weight excluding hydrogens is 567 g/mol. The number of para-hydroxylation sites is 1. The van der Waals surface area contributed by atoms with Gasteiger partial charge in [-0.2, -0.15) is 5.21 Å². The topological polar surface area (TPSA) is 156 Å². The summed E-state index contributed by atoms with van der Waals surface area (Å²) in [5, 5.41) is 15.6. The highest BCUT2D eigenvalue weighted by Crippen LogP contribution is 2.36. The van der Waals surface area contributed by atoms with Crippen LogP contribution in [0.3, 0.4) is 0 Å². The van der Waals surface area contributed by atoms with Gasteiger partial charge >= 0.3 is 6.09 Å². The molecule has 1 aliphatic heterocycles. The summed E-state index contributed by atoms with van der Waals surface area (Å²) in [6.07, 6.45) is -0.969. The number of alkyl carbamates (subject to hydrolysis) is 1. The van der Waals surface area contributed by atoms with E-state index >= 15 is 4.39 Å². The van der Waals surface area contributed by atoms with Gasteiger partial charge in [0.05, 0.1) is 28.4 Å². The third-order valence-corrected chi connectivity index (χ3v) is 7.91. The zero-order chi connectivity index (χ0) is 30.1.